The van der Waals surface area contributed by atoms with E-state index in [0.717, 1.165) is 0 Å². The van der Waals surface area contributed by atoms with Crippen LogP contribution in [0.3, 0.4) is 0 Å². The maximum absolute atomic E-state index is 13.4. The number of hydrogen-bond donors (Lipinski definition) is 1. The van der Waals surface area contributed by atoms with E-state index in [1.165, 1.54) is 6.07 Å². The number of halogens is 1. The Labute approximate surface area is 98.9 Å². The van der Waals surface area contributed by atoms with Gasteiger partial charge in [0.25, 0.3) is 0 Å². The lowest BCUT2D eigenvalue weighted by Gasteiger charge is -2.02. The predicted molar refractivity (Wildman–Crippen MR) is 61.2 cm³/mol. The van der Waals surface area contributed by atoms with Crippen molar-refractivity contribution in [2.45, 2.75) is 19.3 Å². The first-order valence-corrected chi connectivity index (χ1v) is 5.49. The molecule has 1 aromatic heterocycles. The molecular formula is C13H14FNO2. The van der Waals surface area contributed by atoms with Crippen molar-refractivity contribution in [3.05, 3.63) is 53.5 Å². The molecule has 1 atom stereocenters. The van der Waals surface area contributed by atoms with Gasteiger partial charge < -0.3 is 9.52 Å². The van der Waals surface area contributed by atoms with Crippen molar-refractivity contribution in [3.63, 3.8) is 0 Å². The zero-order chi connectivity index (χ0) is 12.3. The van der Waals surface area contributed by atoms with Gasteiger partial charge in [0.15, 0.2) is 5.89 Å². The van der Waals surface area contributed by atoms with Crippen molar-refractivity contribution in [2.24, 2.45) is 0 Å². The maximum Gasteiger partial charge on any atom is 0.198 e. The summed E-state index contributed by atoms with van der Waals surface area (Å²) in [7, 11) is 0. The second-order valence-electron chi connectivity index (χ2n) is 4.01. The first kappa shape index (κ1) is 11.8. The van der Waals surface area contributed by atoms with Crippen LogP contribution in [0.5, 0.6) is 0 Å². The van der Waals surface area contributed by atoms with Gasteiger partial charge in [0.1, 0.15) is 11.6 Å². The molecule has 1 unspecified atom stereocenters. The van der Waals surface area contributed by atoms with Crippen molar-refractivity contribution >= 4 is 0 Å². The summed E-state index contributed by atoms with van der Waals surface area (Å²) in [6.45, 7) is 1.85. The highest BCUT2D eigenvalue weighted by Crippen LogP contribution is 2.18. The Morgan fingerprint density at radius 3 is 2.88 bits per heavy atom. The first-order chi connectivity index (χ1) is 8.20. The van der Waals surface area contributed by atoms with E-state index in [1.807, 2.05) is 6.92 Å². The van der Waals surface area contributed by atoms with E-state index in [-0.39, 0.29) is 18.3 Å². The fourth-order valence-electron chi connectivity index (χ4n) is 1.53. The van der Waals surface area contributed by atoms with Crippen LogP contribution in [0.2, 0.25) is 0 Å². The minimum atomic E-state index is -0.262. The van der Waals surface area contributed by atoms with Crippen LogP contribution < -0.4 is 0 Å². The summed E-state index contributed by atoms with van der Waals surface area (Å²) in [6, 6.07) is 6.54. The highest BCUT2D eigenvalue weighted by Gasteiger charge is 2.12. The maximum atomic E-state index is 13.4. The van der Waals surface area contributed by atoms with E-state index in [0.29, 0.717) is 23.6 Å². The van der Waals surface area contributed by atoms with Crippen LogP contribution in [-0.4, -0.2) is 16.7 Å². The van der Waals surface area contributed by atoms with Gasteiger partial charge in [0.05, 0.1) is 19.2 Å². The van der Waals surface area contributed by atoms with E-state index in [4.69, 9.17) is 9.52 Å². The molecule has 90 valence electrons. The van der Waals surface area contributed by atoms with Crippen LogP contribution in [0, 0.1) is 5.82 Å². The largest absolute Gasteiger partial charge is 0.445 e. The van der Waals surface area contributed by atoms with Crippen molar-refractivity contribution < 1.29 is 13.9 Å². The summed E-state index contributed by atoms with van der Waals surface area (Å²) < 4.78 is 18.9. The molecule has 3 nitrogen and oxygen atoms in total. The Hall–Kier alpha value is -1.68. The summed E-state index contributed by atoms with van der Waals surface area (Å²) >= 11 is 0. The molecule has 4 heteroatoms. The third-order valence-electron chi connectivity index (χ3n) is 2.63. The Morgan fingerprint density at radius 2 is 2.18 bits per heavy atom. The Kier molecular flexibility index (Phi) is 3.54. The van der Waals surface area contributed by atoms with Crippen LogP contribution >= 0.6 is 0 Å². The predicted octanol–water partition coefficient (Wildman–Crippen LogP) is 2.50. The average molecular weight is 235 g/mol. The van der Waals surface area contributed by atoms with Gasteiger partial charge in [-0.3, -0.25) is 0 Å². The van der Waals surface area contributed by atoms with Crippen molar-refractivity contribution in [2.75, 3.05) is 6.61 Å². The fourth-order valence-corrected chi connectivity index (χ4v) is 1.53. The molecule has 0 radical (unpaired) electrons. The standard InChI is InChI=1S/C13H14FNO2/c1-9(8-16)12-7-15-13(17-12)6-10-4-2-3-5-11(10)14/h2-5,7,9,16H,6,8H2,1H3. The first-order valence-electron chi connectivity index (χ1n) is 5.49. The quantitative estimate of drug-likeness (QED) is 0.885. The molecule has 1 heterocycles. The molecule has 0 saturated heterocycles. The van der Waals surface area contributed by atoms with E-state index >= 15 is 0 Å². The van der Waals surface area contributed by atoms with Crippen molar-refractivity contribution in [3.8, 4) is 0 Å². The lowest BCUT2D eigenvalue weighted by molar-refractivity contribution is 0.255. The summed E-state index contributed by atoms with van der Waals surface area (Å²) in [5.41, 5.74) is 0.553. The average Bonchev–Trinajstić information content (AvgIpc) is 2.80. The van der Waals surface area contributed by atoms with Gasteiger partial charge in [-0.2, -0.15) is 0 Å². The molecule has 0 aliphatic rings. The molecule has 2 rings (SSSR count). The fraction of sp³-hybridized carbons (Fsp3) is 0.308. The Morgan fingerprint density at radius 1 is 1.41 bits per heavy atom. The second-order valence-corrected chi connectivity index (χ2v) is 4.01. The molecular weight excluding hydrogens is 221 g/mol. The molecule has 17 heavy (non-hydrogen) atoms. The van der Waals surface area contributed by atoms with Crippen LogP contribution in [0.1, 0.15) is 30.1 Å². The number of aromatic nitrogens is 1. The lowest BCUT2D eigenvalue weighted by Crippen LogP contribution is -1.96. The van der Waals surface area contributed by atoms with Crippen molar-refractivity contribution in [1.29, 1.82) is 0 Å². The van der Waals surface area contributed by atoms with E-state index in [9.17, 15) is 4.39 Å². The van der Waals surface area contributed by atoms with Gasteiger partial charge in [-0.15, -0.1) is 0 Å². The molecule has 0 fully saturated rings. The van der Waals surface area contributed by atoms with Gasteiger partial charge in [0, 0.05) is 5.92 Å². The zero-order valence-corrected chi connectivity index (χ0v) is 9.56. The topological polar surface area (TPSA) is 46.3 Å². The van der Waals surface area contributed by atoms with Crippen LogP contribution in [0.15, 0.2) is 34.9 Å². The van der Waals surface area contributed by atoms with E-state index in [1.54, 1.807) is 24.4 Å². The minimum absolute atomic E-state index is 0.00827. The van der Waals surface area contributed by atoms with Crippen molar-refractivity contribution in [1.82, 2.24) is 4.98 Å². The SMILES string of the molecule is CC(CO)c1cnc(Cc2ccccc2F)o1. The third kappa shape index (κ3) is 2.71. The molecule has 0 saturated carbocycles. The summed E-state index contributed by atoms with van der Waals surface area (Å²) in [6.07, 6.45) is 1.90. The lowest BCUT2D eigenvalue weighted by atomic mass is 10.1. The minimum Gasteiger partial charge on any atom is -0.445 e. The monoisotopic (exact) mass is 235 g/mol. The Bertz CT molecular complexity index is 496. The Balaban J connectivity index is 2.14. The number of oxazole rings is 1. The molecule has 0 spiro atoms. The molecule has 0 aliphatic heterocycles. The molecule has 1 N–H and O–H groups in total. The molecule has 0 aliphatic carbocycles. The van der Waals surface area contributed by atoms with E-state index < -0.39 is 0 Å². The highest BCUT2D eigenvalue weighted by molar-refractivity contribution is 5.20. The van der Waals surface area contributed by atoms with Gasteiger partial charge in [-0.25, -0.2) is 9.37 Å². The summed E-state index contributed by atoms with van der Waals surface area (Å²) in [5, 5.41) is 8.98. The number of nitrogens with zero attached hydrogens (tertiary/aromatic N) is 1. The highest BCUT2D eigenvalue weighted by atomic mass is 19.1. The number of benzene rings is 1. The van der Waals surface area contributed by atoms with Crippen LogP contribution in [-0.2, 0) is 6.42 Å². The van der Waals surface area contributed by atoms with Crippen LogP contribution in [0.25, 0.3) is 0 Å². The number of rotatable bonds is 4. The molecule has 0 amide bonds. The van der Waals surface area contributed by atoms with Gasteiger partial charge in [0.2, 0.25) is 0 Å². The van der Waals surface area contributed by atoms with Crippen LogP contribution in [0.4, 0.5) is 4.39 Å². The molecule has 2 aromatic rings. The normalized spacial score (nSPS) is 12.6. The smallest absolute Gasteiger partial charge is 0.198 e. The summed E-state index contributed by atoms with van der Waals surface area (Å²) in [5.74, 6) is 0.739. The molecule has 1 aromatic carbocycles. The van der Waals surface area contributed by atoms with Gasteiger partial charge in [-0.1, -0.05) is 25.1 Å². The van der Waals surface area contributed by atoms with Gasteiger partial charge >= 0.3 is 0 Å². The molecule has 0 bridgehead atoms. The summed E-state index contributed by atoms with van der Waals surface area (Å²) in [4.78, 5) is 4.08. The number of hydrogen-bond acceptors (Lipinski definition) is 3. The second kappa shape index (κ2) is 5.10. The zero-order valence-electron chi connectivity index (χ0n) is 9.56. The number of aliphatic hydroxyl groups is 1. The van der Waals surface area contributed by atoms with E-state index in [2.05, 4.69) is 4.98 Å². The third-order valence-corrected chi connectivity index (χ3v) is 2.63. The number of aliphatic hydroxyl groups excluding tert-OH is 1. The van der Waals surface area contributed by atoms with Gasteiger partial charge in [-0.05, 0) is 11.6 Å².